The lowest BCUT2D eigenvalue weighted by molar-refractivity contribution is -0.126. The number of hydrogen-bond acceptors (Lipinski definition) is 6. The zero-order valence-electron chi connectivity index (χ0n) is 18.4. The van der Waals surface area contributed by atoms with Gasteiger partial charge in [0.15, 0.2) is 16.6 Å². The number of ether oxygens (including phenoxy) is 2. The van der Waals surface area contributed by atoms with Gasteiger partial charge in [0.25, 0.3) is 0 Å². The second-order valence-corrected chi connectivity index (χ2v) is 8.79. The van der Waals surface area contributed by atoms with Crippen LogP contribution >= 0.6 is 11.3 Å². The molecule has 0 saturated heterocycles. The summed E-state index contributed by atoms with van der Waals surface area (Å²) in [6, 6.07) is 5.78. The summed E-state index contributed by atoms with van der Waals surface area (Å²) in [7, 11) is 3.17. The molecule has 7 nitrogen and oxygen atoms in total. The van der Waals surface area contributed by atoms with Crippen LogP contribution in [0.3, 0.4) is 0 Å². The maximum atomic E-state index is 13.0. The van der Waals surface area contributed by atoms with E-state index in [1.165, 1.54) is 17.8 Å². The number of carbonyl (C=O) groups excluding carboxylic acids is 2. The molecule has 2 amide bonds. The second-order valence-electron chi connectivity index (χ2n) is 7.92. The lowest BCUT2D eigenvalue weighted by atomic mass is 9.86. The predicted octanol–water partition coefficient (Wildman–Crippen LogP) is 4.17. The summed E-state index contributed by atoms with van der Waals surface area (Å²) in [6.45, 7) is 2.52. The third kappa shape index (κ3) is 6.19. The van der Waals surface area contributed by atoms with Gasteiger partial charge < -0.3 is 14.8 Å². The van der Waals surface area contributed by atoms with Crippen molar-refractivity contribution in [1.82, 2.24) is 10.3 Å². The molecule has 1 heterocycles. The highest BCUT2D eigenvalue weighted by atomic mass is 32.1. The van der Waals surface area contributed by atoms with E-state index in [1.807, 2.05) is 23.6 Å². The van der Waals surface area contributed by atoms with Crippen LogP contribution in [0.5, 0.6) is 11.5 Å². The van der Waals surface area contributed by atoms with Crippen molar-refractivity contribution < 1.29 is 19.1 Å². The Morgan fingerprint density at radius 3 is 2.61 bits per heavy atom. The van der Waals surface area contributed by atoms with Crippen LogP contribution in [0.15, 0.2) is 29.8 Å². The molecule has 1 aromatic carbocycles. The number of methoxy groups -OCH3 is 2. The molecule has 2 atom stereocenters. The summed E-state index contributed by atoms with van der Waals surface area (Å²) in [5, 5.41) is 5.57. The minimum atomic E-state index is -0.128. The summed E-state index contributed by atoms with van der Waals surface area (Å²) < 4.78 is 10.7. The molecule has 0 bridgehead atoms. The van der Waals surface area contributed by atoms with Crippen molar-refractivity contribution in [2.45, 2.75) is 58.0 Å². The van der Waals surface area contributed by atoms with Crippen molar-refractivity contribution >= 4 is 28.3 Å². The molecule has 2 aromatic rings. The zero-order valence-corrected chi connectivity index (χ0v) is 19.2. The van der Waals surface area contributed by atoms with Crippen molar-refractivity contribution in [2.24, 2.45) is 5.92 Å². The Morgan fingerprint density at radius 2 is 1.94 bits per heavy atom. The summed E-state index contributed by atoms with van der Waals surface area (Å²) in [5.74, 6) is 1.54. The first kappa shape index (κ1) is 23.1. The number of nitrogens with one attached hydrogen (secondary N) is 1. The van der Waals surface area contributed by atoms with Crippen LogP contribution in [0.4, 0.5) is 5.13 Å². The topological polar surface area (TPSA) is 80.8 Å². The Balaban J connectivity index is 1.64. The van der Waals surface area contributed by atoms with E-state index in [2.05, 4.69) is 17.2 Å². The molecule has 0 radical (unpaired) electrons. The molecule has 1 N–H and O–H groups in total. The first-order valence-corrected chi connectivity index (χ1v) is 11.6. The fourth-order valence-electron chi connectivity index (χ4n) is 3.94. The minimum Gasteiger partial charge on any atom is -0.493 e. The molecule has 8 heteroatoms. The third-order valence-corrected chi connectivity index (χ3v) is 6.56. The number of benzene rings is 1. The van der Waals surface area contributed by atoms with Gasteiger partial charge in [-0.05, 0) is 36.5 Å². The normalized spacial score (nSPS) is 18.3. The molecular weight excluding hydrogens is 414 g/mol. The number of amides is 2. The van der Waals surface area contributed by atoms with Gasteiger partial charge in [0.2, 0.25) is 11.8 Å². The van der Waals surface area contributed by atoms with Crippen LogP contribution in [-0.4, -0.2) is 37.1 Å². The standard InChI is InChI=1S/C23H31N3O4S/c1-16-6-4-5-7-18(16)25-21(27)10-11-22(28)26(23-24-12-13-31-23)15-17-8-9-19(29-2)20(14-17)30-3/h8-9,12-14,16,18H,4-7,10-11,15H2,1-3H3,(H,25,27). The van der Waals surface area contributed by atoms with E-state index in [9.17, 15) is 9.59 Å². The van der Waals surface area contributed by atoms with Crippen LogP contribution < -0.4 is 19.7 Å². The van der Waals surface area contributed by atoms with E-state index >= 15 is 0 Å². The van der Waals surface area contributed by atoms with E-state index < -0.39 is 0 Å². The van der Waals surface area contributed by atoms with Crippen LogP contribution in [0.25, 0.3) is 0 Å². The highest BCUT2D eigenvalue weighted by Gasteiger charge is 2.24. The lowest BCUT2D eigenvalue weighted by Gasteiger charge is -2.29. The van der Waals surface area contributed by atoms with Gasteiger partial charge in [0.1, 0.15) is 0 Å². The van der Waals surface area contributed by atoms with Gasteiger partial charge in [-0.1, -0.05) is 25.8 Å². The number of anilines is 1. The Bertz CT molecular complexity index is 872. The second kappa shape index (κ2) is 11.1. The SMILES string of the molecule is COc1ccc(CN(C(=O)CCC(=O)NC2CCCCC2C)c2nccs2)cc1OC. The molecule has 1 aliphatic carbocycles. The maximum absolute atomic E-state index is 13.0. The molecule has 0 spiro atoms. The molecule has 1 fully saturated rings. The Hall–Kier alpha value is -2.61. The first-order valence-electron chi connectivity index (χ1n) is 10.7. The molecule has 1 saturated carbocycles. The van der Waals surface area contributed by atoms with Gasteiger partial charge in [0.05, 0.1) is 20.8 Å². The van der Waals surface area contributed by atoms with E-state index in [0.717, 1.165) is 24.8 Å². The van der Waals surface area contributed by atoms with Crippen molar-refractivity contribution in [3.05, 3.63) is 35.3 Å². The van der Waals surface area contributed by atoms with Gasteiger partial charge >= 0.3 is 0 Å². The maximum Gasteiger partial charge on any atom is 0.229 e. The van der Waals surface area contributed by atoms with Gasteiger partial charge in [-0.2, -0.15) is 0 Å². The van der Waals surface area contributed by atoms with Crippen molar-refractivity contribution in [3.8, 4) is 11.5 Å². The molecular formula is C23H31N3O4S. The number of rotatable bonds is 9. The van der Waals surface area contributed by atoms with Crippen LogP contribution in [0.1, 0.15) is 51.0 Å². The fraction of sp³-hybridized carbons (Fsp3) is 0.522. The number of carbonyl (C=O) groups is 2. The number of aromatic nitrogens is 1. The average molecular weight is 446 g/mol. The zero-order chi connectivity index (χ0) is 22.2. The molecule has 3 rings (SSSR count). The third-order valence-electron chi connectivity index (χ3n) is 5.76. The van der Waals surface area contributed by atoms with Crippen molar-refractivity contribution in [2.75, 3.05) is 19.1 Å². The van der Waals surface area contributed by atoms with E-state index in [0.29, 0.717) is 29.1 Å². The molecule has 1 aliphatic rings. The van der Waals surface area contributed by atoms with E-state index in [1.54, 1.807) is 25.3 Å². The van der Waals surface area contributed by atoms with Gasteiger partial charge in [-0.3, -0.25) is 14.5 Å². The van der Waals surface area contributed by atoms with Gasteiger partial charge in [-0.15, -0.1) is 11.3 Å². The van der Waals surface area contributed by atoms with Crippen LogP contribution in [0.2, 0.25) is 0 Å². The van der Waals surface area contributed by atoms with Crippen LogP contribution in [-0.2, 0) is 16.1 Å². The summed E-state index contributed by atoms with van der Waals surface area (Å²) in [4.78, 5) is 31.4. The highest BCUT2D eigenvalue weighted by Crippen LogP contribution is 2.29. The average Bonchev–Trinajstić information content (AvgIpc) is 3.31. The Labute approximate surface area is 187 Å². The molecule has 1 aromatic heterocycles. The van der Waals surface area contributed by atoms with Gasteiger partial charge in [0, 0.05) is 30.5 Å². The molecule has 2 unspecified atom stereocenters. The highest BCUT2D eigenvalue weighted by molar-refractivity contribution is 7.13. The largest absolute Gasteiger partial charge is 0.493 e. The van der Waals surface area contributed by atoms with Crippen molar-refractivity contribution in [1.29, 1.82) is 0 Å². The quantitative estimate of drug-likeness (QED) is 0.627. The number of thiazole rings is 1. The summed E-state index contributed by atoms with van der Waals surface area (Å²) in [5.41, 5.74) is 0.890. The smallest absolute Gasteiger partial charge is 0.229 e. The van der Waals surface area contributed by atoms with E-state index in [-0.39, 0.29) is 30.7 Å². The molecule has 0 aliphatic heterocycles. The van der Waals surface area contributed by atoms with E-state index in [4.69, 9.17) is 9.47 Å². The monoisotopic (exact) mass is 445 g/mol. The molecule has 31 heavy (non-hydrogen) atoms. The van der Waals surface area contributed by atoms with Crippen molar-refractivity contribution in [3.63, 3.8) is 0 Å². The lowest BCUT2D eigenvalue weighted by Crippen LogP contribution is -2.41. The van der Waals surface area contributed by atoms with Crippen LogP contribution in [0, 0.1) is 5.92 Å². The fourth-order valence-corrected chi connectivity index (χ4v) is 4.60. The first-order chi connectivity index (χ1) is 15.0. The van der Waals surface area contributed by atoms with Gasteiger partial charge in [-0.25, -0.2) is 4.98 Å². The minimum absolute atomic E-state index is 0.0581. The number of hydrogen-bond donors (Lipinski definition) is 1. The summed E-state index contributed by atoms with van der Waals surface area (Å²) >= 11 is 1.40. The predicted molar refractivity (Wildman–Crippen MR) is 122 cm³/mol. The Kier molecular flexibility index (Phi) is 8.28. The Morgan fingerprint density at radius 1 is 1.16 bits per heavy atom. The summed E-state index contributed by atoms with van der Waals surface area (Å²) in [6.07, 6.45) is 6.53. The molecule has 168 valence electrons. The number of nitrogens with zero attached hydrogens (tertiary/aromatic N) is 2.